The van der Waals surface area contributed by atoms with E-state index in [1.54, 1.807) is 47.8 Å². The Hall–Kier alpha value is -2.40. The molecule has 8 nitrogen and oxygen atoms in total. The lowest BCUT2D eigenvalue weighted by Gasteiger charge is -2.05. The second-order valence-corrected chi connectivity index (χ2v) is 9.41. The maximum absolute atomic E-state index is 6.15. The highest BCUT2D eigenvalue weighted by atomic mass is 35.5. The smallest absolute Gasteiger partial charge is 0.210 e. The SMILES string of the molecule is Nn1c(SCCCSc2nnc(-c3ccc(Cl)cc3)n2N)nnc1-c1ccc(Cl)cc1. The first-order valence-corrected chi connectivity index (χ1v) is 11.9. The molecular weight excluding hydrogens is 475 g/mol. The number of rotatable bonds is 8. The van der Waals surface area contributed by atoms with Crippen LogP contribution in [0, 0.1) is 0 Å². The van der Waals surface area contributed by atoms with E-state index in [1.165, 1.54) is 9.35 Å². The van der Waals surface area contributed by atoms with Crippen molar-refractivity contribution in [3.8, 4) is 22.8 Å². The summed E-state index contributed by atoms with van der Waals surface area (Å²) in [7, 11) is 0. The summed E-state index contributed by atoms with van der Waals surface area (Å²) < 4.78 is 2.99. The molecule has 2 aromatic carbocycles. The van der Waals surface area contributed by atoms with Crippen molar-refractivity contribution in [2.75, 3.05) is 23.2 Å². The minimum atomic E-state index is 0.597. The Labute approximate surface area is 197 Å². The van der Waals surface area contributed by atoms with Gasteiger partial charge in [-0.3, -0.25) is 0 Å². The number of benzene rings is 2. The van der Waals surface area contributed by atoms with E-state index < -0.39 is 0 Å². The Kier molecular flexibility index (Phi) is 6.91. The minimum Gasteiger partial charge on any atom is -0.335 e. The van der Waals surface area contributed by atoms with Crippen LogP contribution in [0.1, 0.15) is 6.42 Å². The normalized spacial score (nSPS) is 11.2. The fourth-order valence-corrected chi connectivity index (χ4v) is 4.75. The maximum Gasteiger partial charge on any atom is 0.210 e. The van der Waals surface area contributed by atoms with Gasteiger partial charge in [0.15, 0.2) is 11.6 Å². The molecule has 4 rings (SSSR count). The van der Waals surface area contributed by atoms with E-state index in [4.69, 9.17) is 34.9 Å². The molecule has 0 aliphatic heterocycles. The van der Waals surface area contributed by atoms with Gasteiger partial charge in [-0.1, -0.05) is 46.7 Å². The number of halogens is 2. The molecule has 0 aliphatic carbocycles. The Morgan fingerprint density at radius 3 is 1.42 bits per heavy atom. The number of nitrogens with two attached hydrogens (primary N) is 2. The fraction of sp³-hybridized carbons (Fsp3) is 0.158. The molecule has 0 unspecified atom stereocenters. The molecule has 0 amide bonds. The summed E-state index contributed by atoms with van der Waals surface area (Å²) >= 11 is 15.0. The average Bonchev–Trinajstić information content (AvgIpc) is 3.32. The van der Waals surface area contributed by atoms with Crippen LogP contribution < -0.4 is 11.7 Å². The van der Waals surface area contributed by atoms with Gasteiger partial charge in [0, 0.05) is 32.7 Å². The van der Waals surface area contributed by atoms with Gasteiger partial charge in [-0.2, -0.15) is 0 Å². The first kappa shape index (κ1) is 21.8. The predicted molar refractivity (Wildman–Crippen MR) is 127 cm³/mol. The number of hydrogen-bond acceptors (Lipinski definition) is 8. The Morgan fingerprint density at radius 2 is 1.03 bits per heavy atom. The molecule has 0 atom stereocenters. The van der Waals surface area contributed by atoms with Gasteiger partial charge in [-0.05, 0) is 55.0 Å². The molecule has 2 heterocycles. The number of hydrogen-bond donors (Lipinski definition) is 2. The highest BCUT2D eigenvalue weighted by molar-refractivity contribution is 8.00. The van der Waals surface area contributed by atoms with E-state index in [9.17, 15) is 0 Å². The summed E-state index contributed by atoms with van der Waals surface area (Å²) in [5.41, 5.74) is 1.72. The van der Waals surface area contributed by atoms with Gasteiger partial charge in [0.2, 0.25) is 10.3 Å². The zero-order valence-electron chi connectivity index (χ0n) is 16.2. The van der Waals surface area contributed by atoms with Crippen molar-refractivity contribution < 1.29 is 0 Å². The lowest BCUT2D eigenvalue weighted by atomic mass is 10.2. The molecule has 0 bridgehead atoms. The van der Waals surface area contributed by atoms with Crippen molar-refractivity contribution in [2.45, 2.75) is 16.7 Å². The van der Waals surface area contributed by atoms with E-state index in [1.807, 2.05) is 24.3 Å². The molecule has 31 heavy (non-hydrogen) atoms. The van der Waals surface area contributed by atoms with E-state index >= 15 is 0 Å². The molecule has 12 heteroatoms. The molecule has 4 N–H and O–H groups in total. The van der Waals surface area contributed by atoms with E-state index in [0.717, 1.165) is 29.1 Å². The zero-order valence-corrected chi connectivity index (χ0v) is 19.3. The third-order valence-corrected chi connectivity index (χ3v) is 6.85. The van der Waals surface area contributed by atoms with Crippen molar-refractivity contribution >= 4 is 46.7 Å². The highest BCUT2D eigenvalue weighted by Crippen LogP contribution is 2.26. The number of nitrogen functional groups attached to an aromatic ring is 2. The van der Waals surface area contributed by atoms with Crippen LogP contribution in [0.15, 0.2) is 58.8 Å². The lowest BCUT2D eigenvalue weighted by molar-refractivity contribution is 0.845. The van der Waals surface area contributed by atoms with Crippen LogP contribution in [0.3, 0.4) is 0 Å². The van der Waals surface area contributed by atoms with Gasteiger partial charge in [-0.25, -0.2) is 9.35 Å². The van der Waals surface area contributed by atoms with Gasteiger partial charge in [0.05, 0.1) is 0 Å². The van der Waals surface area contributed by atoms with Crippen LogP contribution in [0.2, 0.25) is 10.0 Å². The monoisotopic (exact) mass is 492 g/mol. The van der Waals surface area contributed by atoms with E-state index in [0.29, 0.717) is 32.0 Å². The van der Waals surface area contributed by atoms with Crippen LogP contribution in [0.4, 0.5) is 0 Å². The third-order valence-electron chi connectivity index (χ3n) is 4.28. The minimum absolute atomic E-state index is 0.597. The van der Waals surface area contributed by atoms with Crippen molar-refractivity contribution in [3.05, 3.63) is 58.6 Å². The highest BCUT2D eigenvalue weighted by Gasteiger charge is 2.14. The second-order valence-electron chi connectivity index (χ2n) is 6.42. The topological polar surface area (TPSA) is 113 Å². The lowest BCUT2D eigenvalue weighted by Crippen LogP contribution is -2.12. The first-order valence-electron chi connectivity index (χ1n) is 9.21. The Morgan fingerprint density at radius 1 is 0.645 bits per heavy atom. The zero-order chi connectivity index (χ0) is 21.8. The number of thioether (sulfide) groups is 2. The molecule has 0 saturated heterocycles. The molecule has 4 aromatic rings. The molecule has 0 radical (unpaired) electrons. The van der Waals surface area contributed by atoms with Gasteiger partial charge in [-0.15, -0.1) is 20.4 Å². The summed E-state index contributed by atoms with van der Waals surface area (Å²) in [6.45, 7) is 0. The maximum atomic E-state index is 6.15. The Balaban J connectivity index is 1.28. The molecule has 0 aliphatic rings. The average molecular weight is 493 g/mol. The van der Waals surface area contributed by atoms with Crippen molar-refractivity contribution in [1.29, 1.82) is 0 Å². The molecule has 2 aromatic heterocycles. The van der Waals surface area contributed by atoms with Gasteiger partial charge in [0.1, 0.15) is 0 Å². The van der Waals surface area contributed by atoms with Gasteiger partial charge >= 0.3 is 0 Å². The number of nitrogens with zero attached hydrogens (tertiary/aromatic N) is 6. The molecular formula is C19H18Cl2N8S2. The Bertz CT molecular complexity index is 1070. The summed E-state index contributed by atoms with van der Waals surface area (Å²) in [5, 5.41) is 19.4. The van der Waals surface area contributed by atoms with E-state index in [2.05, 4.69) is 20.4 Å². The first-order chi connectivity index (χ1) is 15.0. The van der Waals surface area contributed by atoms with Gasteiger partial charge < -0.3 is 11.7 Å². The molecule has 160 valence electrons. The van der Waals surface area contributed by atoms with Crippen LogP contribution in [-0.2, 0) is 0 Å². The van der Waals surface area contributed by atoms with E-state index in [-0.39, 0.29) is 0 Å². The third kappa shape index (κ3) is 5.09. The molecule has 0 fully saturated rings. The van der Waals surface area contributed by atoms with Gasteiger partial charge in [0.25, 0.3) is 0 Å². The van der Waals surface area contributed by atoms with Crippen LogP contribution in [-0.4, -0.2) is 41.3 Å². The van der Waals surface area contributed by atoms with Crippen LogP contribution in [0.25, 0.3) is 22.8 Å². The quantitative estimate of drug-likeness (QED) is 0.213. The molecule has 0 spiro atoms. The summed E-state index contributed by atoms with van der Waals surface area (Å²) in [6.07, 6.45) is 0.904. The summed E-state index contributed by atoms with van der Waals surface area (Å²) in [4.78, 5) is 0. The van der Waals surface area contributed by atoms with Crippen molar-refractivity contribution in [3.63, 3.8) is 0 Å². The van der Waals surface area contributed by atoms with Crippen molar-refractivity contribution in [1.82, 2.24) is 29.7 Å². The number of aromatic nitrogens is 6. The largest absolute Gasteiger partial charge is 0.335 e. The molecule has 0 saturated carbocycles. The predicted octanol–water partition coefficient (Wildman–Crippen LogP) is 4.21. The van der Waals surface area contributed by atoms with Crippen LogP contribution in [0.5, 0.6) is 0 Å². The fourth-order valence-electron chi connectivity index (χ4n) is 2.73. The van der Waals surface area contributed by atoms with Crippen molar-refractivity contribution in [2.24, 2.45) is 0 Å². The summed E-state index contributed by atoms with van der Waals surface area (Å²) in [5.74, 6) is 15.1. The second kappa shape index (κ2) is 9.82. The summed E-state index contributed by atoms with van der Waals surface area (Å²) in [6, 6.07) is 14.6. The van der Waals surface area contributed by atoms with Crippen LogP contribution >= 0.6 is 46.7 Å². The standard InChI is InChI=1S/C19H18Cl2N8S2/c20-14-6-2-12(3-7-14)16-24-26-18(28(16)22)30-10-1-11-31-19-27-25-17(29(19)23)13-4-8-15(21)9-5-13/h2-9H,1,10-11,22-23H2.